The minimum atomic E-state index is 0.707. The molecule has 0 aliphatic heterocycles. The van der Waals surface area contributed by atoms with Crippen LogP contribution in [0.4, 0.5) is 5.95 Å². The average molecular weight is 138 g/mol. The van der Waals surface area contributed by atoms with Gasteiger partial charge >= 0.3 is 0 Å². The van der Waals surface area contributed by atoms with Gasteiger partial charge in [0, 0.05) is 6.54 Å². The van der Waals surface area contributed by atoms with Crippen LogP contribution in [0.25, 0.3) is 0 Å². The Balaban J connectivity index is 2.28. The van der Waals surface area contributed by atoms with Crippen molar-refractivity contribution in [2.45, 2.75) is 6.92 Å². The second-order valence-corrected chi connectivity index (χ2v) is 1.78. The van der Waals surface area contributed by atoms with Crippen LogP contribution in [-0.4, -0.2) is 21.7 Å². The summed E-state index contributed by atoms with van der Waals surface area (Å²) in [6, 6.07) is 0. The monoisotopic (exact) mass is 138 g/mol. The third-order valence-corrected chi connectivity index (χ3v) is 1.04. The van der Waals surface area contributed by atoms with Crippen LogP contribution < -0.4 is 5.32 Å². The highest BCUT2D eigenvalue weighted by atomic mass is 15.3. The number of anilines is 1. The normalized spacial score (nSPS) is 10.5. The summed E-state index contributed by atoms with van der Waals surface area (Å²) in [5, 5.41) is 9.38. The van der Waals surface area contributed by atoms with Gasteiger partial charge in [-0.05, 0) is 6.92 Å². The number of hydrogen-bond acceptors (Lipinski definition) is 3. The number of nitrogens with zero attached hydrogens (tertiary/aromatic N) is 2. The molecule has 1 aromatic rings. The molecule has 4 heteroatoms. The summed E-state index contributed by atoms with van der Waals surface area (Å²) >= 11 is 0. The summed E-state index contributed by atoms with van der Waals surface area (Å²) in [6.45, 7) is 2.76. The maximum absolute atomic E-state index is 3.88. The fourth-order valence-corrected chi connectivity index (χ4v) is 0.564. The van der Waals surface area contributed by atoms with E-state index in [0.717, 1.165) is 6.54 Å². The first kappa shape index (κ1) is 6.80. The van der Waals surface area contributed by atoms with E-state index in [-0.39, 0.29) is 0 Å². The Morgan fingerprint density at radius 2 is 2.70 bits per heavy atom. The second-order valence-electron chi connectivity index (χ2n) is 1.78. The topological polar surface area (TPSA) is 53.6 Å². The molecule has 0 bridgehead atoms. The molecular weight excluding hydrogens is 128 g/mol. The molecule has 1 rings (SSSR count). The molecule has 4 nitrogen and oxygen atoms in total. The minimum Gasteiger partial charge on any atom is -0.351 e. The molecular formula is C6H10N4. The first-order chi connectivity index (χ1) is 4.93. The van der Waals surface area contributed by atoms with Crippen molar-refractivity contribution in [3.63, 3.8) is 0 Å². The summed E-state index contributed by atoms with van der Waals surface area (Å²) in [7, 11) is 0. The maximum Gasteiger partial charge on any atom is 0.218 e. The molecule has 0 saturated carbocycles. The number of rotatable bonds is 3. The van der Waals surface area contributed by atoms with Gasteiger partial charge in [0.05, 0.1) is 0 Å². The van der Waals surface area contributed by atoms with Gasteiger partial charge < -0.3 is 5.32 Å². The molecule has 0 atom stereocenters. The highest BCUT2D eigenvalue weighted by Gasteiger charge is 1.87. The molecule has 54 valence electrons. The van der Waals surface area contributed by atoms with Crippen molar-refractivity contribution in [3.05, 3.63) is 18.5 Å². The molecule has 0 radical (unpaired) electrons. The third-order valence-electron chi connectivity index (χ3n) is 1.04. The van der Waals surface area contributed by atoms with Crippen molar-refractivity contribution in [1.29, 1.82) is 0 Å². The summed E-state index contributed by atoms with van der Waals surface area (Å²) in [6.07, 6.45) is 5.45. The van der Waals surface area contributed by atoms with E-state index in [9.17, 15) is 0 Å². The number of H-pyrrole nitrogens is 1. The van der Waals surface area contributed by atoms with Crippen LogP contribution in [0.15, 0.2) is 18.5 Å². The van der Waals surface area contributed by atoms with Gasteiger partial charge in [0.1, 0.15) is 6.33 Å². The van der Waals surface area contributed by atoms with E-state index in [4.69, 9.17) is 0 Å². The van der Waals surface area contributed by atoms with Crippen LogP contribution >= 0.6 is 0 Å². The Bertz CT molecular complexity index is 190. The van der Waals surface area contributed by atoms with Gasteiger partial charge in [0.15, 0.2) is 0 Å². The number of aromatic amines is 1. The number of allylic oxidation sites excluding steroid dienone is 1. The standard InChI is InChI=1S/C6H10N4/c1-2-3-4-7-6-8-5-9-10-6/h2-3,5H,4H2,1H3,(H2,7,8,9,10)/b3-2+. The van der Waals surface area contributed by atoms with Gasteiger partial charge in [-0.25, -0.2) is 10.1 Å². The summed E-state index contributed by atoms with van der Waals surface area (Å²) in [5.74, 6) is 0.707. The predicted molar refractivity (Wildman–Crippen MR) is 39.7 cm³/mol. The van der Waals surface area contributed by atoms with Crippen LogP contribution in [-0.2, 0) is 0 Å². The van der Waals surface area contributed by atoms with E-state index < -0.39 is 0 Å². The van der Waals surface area contributed by atoms with Crippen LogP contribution in [0, 0.1) is 0 Å². The quantitative estimate of drug-likeness (QED) is 0.607. The first-order valence-corrected chi connectivity index (χ1v) is 3.14. The van der Waals surface area contributed by atoms with Gasteiger partial charge in [0.2, 0.25) is 5.95 Å². The molecule has 0 spiro atoms. The molecule has 0 aliphatic carbocycles. The van der Waals surface area contributed by atoms with Crippen LogP contribution in [0.2, 0.25) is 0 Å². The smallest absolute Gasteiger partial charge is 0.218 e. The van der Waals surface area contributed by atoms with E-state index >= 15 is 0 Å². The Labute approximate surface area is 59.4 Å². The van der Waals surface area contributed by atoms with Crippen molar-refractivity contribution < 1.29 is 0 Å². The lowest BCUT2D eigenvalue weighted by Crippen LogP contribution is -1.99. The van der Waals surface area contributed by atoms with E-state index in [1.54, 1.807) is 0 Å². The Morgan fingerprint density at radius 1 is 1.80 bits per heavy atom. The molecule has 0 amide bonds. The van der Waals surface area contributed by atoms with Crippen LogP contribution in [0.1, 0.15) is 6.92 Å². The Morgan fingerprint density at radius 3 is 3.30 bits per heavy atom. The van der Waals surface area contributed by atoms with Gasteiger partial charge in [-0.3, -0.25) is 0 Å². The van der Waals surface area contributed by atoms with Gasteiger partial charge in [-0.1, -0.05) is 12.2 Å². The molecule has 2 N–H and O–H groups in total. The highest BCUT2D eigenvalue weighted by molar-refractivity contribution is 5.21. The van der Waals surface area contributed by atoms with Gasteiger partial charge in [-0.2, -0.15) is 5.10 Å². The van der Waals surface area contributed by atoms with Crippen LogP contribution in [0.3, 0.4) is 0 Å². The third kappa shape index (κ3) is 1.89. The first-order valence-electron chi connectivity index (χ1n) is 3.14. The molecule has 1 heterocycles. The van der Waals surface area contributed by atoms with Crippen molar-refractivity contribution >= 4 is 5.95 Å². The predicted octanol–water partition coefficient (Wildman–Crippen LogP) is 0.793. The maximum atomic E-state index is 3.88. The van der Waals surface area contributed by atoms with Crippen LogP contribution in [0.5, 0.6) is 0 Å². The molecule has 0 aliphatic rings. The van der Waals surface area contributed by atoms with Crippen molar-refractivity contribution in [1.82, 2.24) is 15.2 Å². The second kappa shape index (κ2) is 3.66. The number of hydrogen-bond donors (Lipinski definition) is 2. The fourth-order valence-electron chi connectivity index (χ4n) is 0.564. The van der Waals surface area contributed by atoms with Crippen molar-refractivity contribution in [2.24, 2.45) is 0 Å². The summed E-state index contributed by atoms with van der Waals surface area (Å²) in [5.41, 5.74) is 0. The van der Waals surface area contributed by atoms with Crippen molar-refractivity contribution in [2.75, 3.05) is 11.9 Å². The SMILES string of the molecule is C/C=C/CNc1ncn[nH]1. The largest absolute Gasteiger partial charge is 0.351 e. The summed E-state index contributed by atoms with van der Waals surface area (Å²) < 4.78 is 0. The van der Waals surface area contributed by atoms with Gasteiger partial charge in [-0.15, -0.1) is 0 Å². The summed E-state index contributed by atoms with van der Waals surface area (Å²) in [4.78, 5) is 3.88. The lowest BCUT2D eigenvalue weighted by Gasteiger charge is -1.93. The molecule has 10 heavy (non-hydrogen) atoms. The zero-order chi connectivity index (χ0) is 7.23. The van der Waals surface area contributed by atoms with E-state index in [0.29, 0.717) is 5.95 Å². The Hall–Kier alpha value is -1.32. The molecule has 1 aromatic heterocycles. The highest BCUT2D eigenvalue weighted by Crippen LogP contribution is 1.89. The van der Waals surface area contributed by atoms with E-state index in [1.165, 1.54) is 6.33 Å². The van der Waals surface area contributed by atoms with E-state index in [2.05, 4.69) is 20.5 Å². The zero-order valence-electron chi connectivity index (χ0n) is 5.83. The number of nitrogens with one attached hydrogen (secondary N) is 2. The minimum absolute atomic E-state index is 0.707. The Kier molecular flexibility index (Phi) is 2.49. The van der Waals surface area contributed by atoms with Gasteiger partial charge in [0.25, 0.3) is 0 Å². The van der Waals surface area contributed by atoms with Crippen molar-refractivity contribution in [3.8, 4) is 0 Å². The van der Waals surface area contributed by atoms with E-state index in [1.807, 2.05) is 19.1 Å². The molecule has 0 unspecified atom stereocenters. The lowest BCUT2D eigenvalue weighted by molar-refractivity contribution is 1.08. The number of aromatic nitrogens is 3. The zero-order valence-corrected chi connectivity index (χ0v) is 5.83. The lowest BCUT2D eigenvalue weighted by atomic mass is 10.5. The molecule has 0 aromatic carbocycles. The average Bonchev–Trinajstić information content (AvgIpc) is 2.41. The molecule has 0 saturated heterocycles. The fraction of sp³-hybridized carbons (Fsp3) is 0.333. The molecule has 0 fully saturated rings.